The number of nitrogens with zero attached hydrogens (tertiary/aromatic N) is 1. The van der Waals surface area contributed by atoms with E-state index < -0.39 is 11.7 Å². The number of hydrogen-bond acceptors (Lipinski definition) is 7. The highest BCUT2D eigenvalue weighted by atomic mass is 16.7. The molecule has 0 saturated carbocycles. The normalized spacial score (nSPS) is 19.4. The van der Waals surface area contributed by atoms with Crippen molar-refractivity contribution in [2.75, 3.05) is 33.5 Å². The molecule has 1 aliphatic heterocycles. The Hall–Kier alpha value is -1.51. The van der Waals surface area contributed by atoms with Gasteiger partial charge in [-0.05, 0) is 91.2 Å². The van der Waals surface area contributed by atoms with Gasteiger partial charge in [-0.15, -0.1) is 0 Å². The van der Waals surface area contributed by atoms with Crippen molar-refractivity contribution in [3.05, 3.63) is 35.4 Å². The number of ether oxygens (including phenoxy) is 4. The maximum atomic E-state index is 13.3. The summed E-state index contributed by atoms with van der Waals surface area (Å²) in [6.45, 7) is 19.4. The first-order chi connectivity index (χ1) is 17.2. The van der Waals surface area contributed by atoms with E-state index >= 15 is 0 Å². The third-order valence-corrected chi connectivity index (χ3v) is 6.77. The van der Waals surface area contributed by atoms with Crippen LogP contribution in [-0.2, 0) is 35.2 Å². The van der Waals surface area contributed by atoms with Crippen molar-refractivity contribution in [3.8, 4) is 0 Å². The van der Waals surface area contributed by atoms with Gasteiger partial charge >= 0.3 is 5.97 Å². The number of carbonyl (C=O) groups excluding carboxylic acids is 1. The van der Waals surface area contributed by atoms with Crippen molar-refractivity contribution in [3.63, 3.8) is 0 Å². The maximum Gasteiger partial charge on any atom is 0.337 e. The maximum absolute atomic E-state index is 13.3. The SMILES string of the molecule is COCCOCCOCc1ccc(C(C)CC(ON2C(C)(C)CCCC2(C)C)C(=O)OC(C)(C)C)cc1. The number of benzene rings is 1. The Morgan fingerprint density at radius 2 is 1.51 bits per heavy atom. The summed E-state index contributed by atoms with van der Waals surface area (Å²) >= 11 is 0. The minimum atomic E-state index is -0.688. The number of hydroxylamine groups is 2. The molecule has 0 amide bonds. The number of hydrogen-bond donors (Lipinski definition) is 0. The smallest absolute Gasteiger partial charge is 0.337 e. The fraction of sp³-hybridized carbons (Fsp3) is 0.767. The van der Waals surface area contributed by atoms with Crippen molar-refractivity contribution in [1.29, 1.82) is 0 Å². The first-order valence-electron chi connectivity index (χ1n) is 13.7. The van der Waals surface area contributed by atoms with Gasteiger partial charge in [0.2, 0.25) is 0 Å². The van der Waals surface area contributed by atoms with Crippen LogP contribution in [0.1, 0.15) is 98.1 Å². The molecule has 37 heavy (non-hydrogen) atoms. The highest BCUT2D eigenvalue weighted by Gasteiger charge is 2.45. The molecule has 7 nitrogen and oxygen atoms in total. The van der Waals surface area contributed by atoms with Gasteiger partial charge in [0.1, 0.15) is 5.60 Å². The van der Waals surface area contributed by atoms with Crippen LogP contribution in [0.25, 0.3) is 0 Å². The number of rotatable bonds is 14. The molecule has 212 valence electrons. The van der Waals surface area contributed by atoms with Gasteiger partial charge in [0.25, 0.3) is 0 Å². The molecule has 1 aliphatic rings. The van der Waals surface area contributed by atoms with Crippen LogP contribution in [0, 0.1) is 0 Å². The van der Waals surface area contributed by atoms with Crippen LogP contribution in [0.4, 0.5) is 0 Å². The molecule has 0 aliphatic carbocycles. The predicted octanol–water partition coefficient (Wildman–Crippen LogP) is 6.04. The second kappa shape index (κ2) is 14.0. The molecule has 1 aromatic rings. The molecular formula is C30H51NO6. The van der Waals surface area contributed by atoms with Crippen molar-refractivity contribution in [1.82, 2.24) is 5.06 Å². The fourth-order valence-corrected chi connectivity index (χ4v) is 4.89. The molecular weight excluding hydrogens is 470 g/mol. The quantitative estimate of drug-likeness (QED) is 0.218. The lowest BCUT2D eigenvalue weighted by molar-refractivity contribution is -0.305. The van der Waals surface area contributed by atoms with E-state index in [9.17, 15) is 4.79 Å². The average molecular weight is 522 g/mol. The topological polar surface area (TPSA) is 66.5 Å². The molecule has 0 spiro atoms. The molecule has 1 heterocycles. The first-order valence-corrected chi connectivity index (χ1v) is 13.7. The molecule has 1 fully saturated rings. The predicted molar refractivity (Wildman–Crippen MR) is 146 cm³/mol. The summed E-state index contributed by atoms with van der Waals surface area (Å²) in [6.07, 6.45) is 3.04. The summed E-state index contributed by atoms with van der Waals surface area (Å²) in [5, 5.41) is 2.06. The zero-order valence-electron chi connectivity index (χ0n) is 24.7. The highest BCUT2D eigenvalue weighted by molar-refractivity contribution is 5.75. The molecule has 0 aromatic heterocycles. The zero-order valence-corrected chi connectivity index (χ0v) is 24.7. The molecule has 2 unspecified atom stereocenters. The average Bonchev–Trinajstić information content (AvgIpc) is 2.79. The third-order valence-electron chi connectivity index (χ3n) is 6.77. The molecule has 1 saturated heterocycles. The van der Waals surface area contributed by atoms with Crippen molar-refractivity contribution in [2.24, 2.45) is 0 Å². The van der Waals surface area contributed by atoms with Gasteiger partial charge in [-0.25, -0.2) is 4.79 Å². The first kappa shape index (κ1) is 31.7. The van der Waals surface area contributed by atoms with Gasteiger partial charge in [-0.3, -0.25) is 4.84 Å². The number of carbonyl (C=O) groups is 1. The van der Waals surface area contributed by atoms with Gasteiger partial charge in [-0.1, -0.05) is 31.2 Å². The van der Waals surface area contributed by atoms with Crippen LogP contribution in [-0.4, -0.2) is 67.4 Å². The van der Waals surface area contributed by atoms with E-state index in [1.54, 1.807) is 7.11 Å². The highest BCUT2D eigenvalue weighted by Crippen LogP contribution is 2.40. The minimum absolute atomic E-state index is 0.109. The number of esters is 1. The van der Waals surface area contributed by atoms with Crippen LogP contribution in [0.2, 0.25) is 0 Å². The second-order valence-electron chi connectivity index (χ2n) is 12.4. The summed E-state index contributed by atoms with van der Waals surface area (Å²) in [5.74, 6) is -0.202. The number of piperidine rings is 1. The van der Waals surface area contributed by atoms with Gasteiger partial charge in [0.05, 0.1) is 33.0 Å². The Kier molecular flexibility index (Phi) is 12.0. The Labute approximate surface area is 225 Å². The largest absolute Gasteiger partial charge is 0.458 e. The second-order valence-corrected chi connectivity index (χ2v) is 12.4. The van der Waals surface area contributed by atoms with E-state index in [4.69, 9.17) is 23.8 Å². The fourth-order valence-electron chi connectivity index (χ4n) is 4.89. The van der Waals surface area contributed by atoms with Crippen LogP contribution in [0.5, 0.6) is 0 Å². The van der Waals surface area contributed by atoms with Crippen molar-refractivity contribution in [2.45, 2.75) is 116 Å². The summed E-state index contributed by atoms with van der Waals surface area (Å²) < 4.78 is 21.9. The summed E-state index contributed by atoms with van der Waals surface area (Å²) in [6, 6.07) is 8.38. The van der Waals surface area contributed by atoms with E-state index in [0.29, 0.717) is 39.5 Å². The van der Waals surface area contributed by atoms with E-state index in [1.807, 2.05) is 20.8 Å². The van der Waals surface area contributed by atoms with E-state index in [-0.39, 0.29) is 23.0 Å². The Balaban J connectivity index is 2.04. The molecule has 0 N–H and O–H groups in total. The van der Waals surface area contributed by atoms with Gasteiger partial charge < -0.3 is 18.9 Å². The Morgan fingerprint density at radius 1 is 0.946 bits per heavy atom. The molecule has 7 heteroatoms. The standard InChI is InChI=1S/C30H51NO6/c1-23(25-13-11-24(12-14-25)22-35-20-19-34-18-17-33-9)21-26(27(32)36-28(2,3)4)37-31-29(5,6)15-10-16-30(31,7)8/h11-14,23,26H,10,15-22H2,1-9H3. The van der Waals surface area contributed by atoms with Crippen molar-refractivity contribution < 1.29 is 28.6 Å². The summed E-state index contributed by atoms with van der Waals surface area (Å²) in [4.78, 5) is 19.9. The molecule has 0 radical (unpaired) electrons. The van der Waals surface area contributed by atoms with Crippen LogP contribution in [0.3, 0.4) is 0 Å². The van der Waals surface area contributed by atoms with E-state index in [0.717, 1.165) is 30.4 Å². The van der Waals surface area contributed by atoms with E-state index in [1.165, 1.54) is 0 Å². The monoisotopic (exact) mass is 521 g/mol. The summed E-state index contributed by atoms with van der Waals surface area (Å²) in [7, 11) is 1.66. The molecule has 2 rings (SSSR count). The molecule has 1 aromatic carbocycles. The minimum Gasteiger partial charge on any atom is -0.458 e. The zero-order chi connectivity index (χ0) is 27.7. The van der Waals surface area contributed by atoms with Gasteiger partial charge in [0.15, 0.2) is 6.10 Å². The van der Waals surface area contributed by atoms with Crippen molar-refractivity contribution >= 4 is 5.97 Å². The van der Waals surface area contributed by atoms with Gasteiger partial charge in [-0.2, -0.15) is 5.06 Å². The van der Waals surface area contributed by atoms with Crippen LogP contribution in [0.15, 0.2) is 24.3 Å². The Bertz CT molecular complexity index is 798. The van der Waals surface area contributed by atoms with Crippen LogP contribution >= 0.6 is 0 Å². The lowest BCUT2D eigenvalue weighted by Gasteiger charge is -2.52. The lowest BCUT2D eigenvalue weighted by atomic mass is 9.82. The number of methoxy groups -OCH3 is 1. The summed E-state index contributed by atoms with van der Waals surface area (Å²) in [5.41, 5.74) is 1.35. The van der Waals surface area contributed by atoms with E-state index in [2.05, 4.69) is 63.9 Å². The molecule has 0 bridgehead atoms. The lowest BCUT2D eigenvalue weighted by Crippen LogP contribution is -2.60. The molecule has 2 atom stereocenters. The van der Waals surface area contributed by atoms with Gasteiger partial charge in [0, 0.05) is 18.2 Å². The Morgan fingerprint density at radius 3 is 2.08 bits per heavy atom. The third kappa shape index (κ3) is 10.6. The van der Waals surface area contributed by atoms with Crippen LogP contribution < -0.4 is 0 Å².